The quantitative estimate of drug-likeness (QED) is 0.167. The van der Waals surface area contributed by atoms with E-state index in [0.717, 1.165) is 45.2 Å². The molecular formula is C42H32IrN3S. The van der Waals surface area contributed by atoms with E-state index < -0.39 is 0 Å². The van der Waals surface area contributed by atoms with Gasteiger partial charge in [0.05, 0.1) is 0 Å². The van der Waals surface area contributed by atoms with Gasteiger partial charge in [-0.15, -0.1) is 95.6 Å². The van der Waals surface area contributed by atoms with Gasteiger partial charge in [-0.05, 0) is 72.2 Å². The van der Waals surface area contributed by atoms with Gasteiger partial charge in [0.2, 0.25) is 0 Å². The number of benzene rings is 4. The van der Waals surface area contributed by atoms with Gasteiger partial charge in [0.1, 0.15) is 0 Å². The van der Waals surface area contributed by atoms with Gasteiger partial charge in [0.25, 0.3) is 0 Å². The first-order valence-corrected chi connectivity index (χ1v) is 15.9. The van der Waals surface area contributed by atoms with Gasteiger partial charge in [0.15, 0.2) is 0 Å². The van der Waals surface area contributed by atoms with Gasteiger partial charge in [-0.3, -0.25) is 0 Å². The van der Waals surface area contributed by atoms with E-state index in [-0.39, 0.29) is 20.1 Å². The molecule has 0 saturated carbocycles. The summed E-state index contributed by atoms with van der Waals surface area (Å²) < 4.78 is 2.59. The minimum absolute atomic E-state index is 0. The number of pyridine rings is 3. The third-order valence-electron chi connectivity index (χ3n) is 7.26. The van der Waals surface area contributed by atoms with Crippen molar-refractivity contribution in [2.24, 2.45) is 0 Å². The van der Waals surface area contributed by atoms with Crippen LogP contribution in [0.2, 0.25) is 0 Å². The summed E-state index contributed by atoms with van der Waals surface area (Å²) in [6.07, 6.45) is 1.87. The zero-order valence-electron chi connectivity index (χ0n) is 26.4. The zero-order valence-corrected chi connectivity index (χ0v) is 29.6. The topological polar surface area (TPSA) is 38.7 Å². The number of thiophene rings is 1. The van der Waals surface area contributed by atoms with E-state index in [1.165, 1.54) is 25.7 Å². The Kier molecular flexibility index (Phi) is 11.5. The van der Waals surface area contributed by atoms with Crippen LogP contribution in [0.4, 0.5) is 0 Å². The molecule has 230 valence electrons. The number of hydrogen-bond donors (Lipinski definition) is 0. The smallest absolute Gasteiger partial charge is 0.305 e. The van der Waals surface area contributed by atoms with Crippen molar-refractivity contribution in [2.75, 3.05) is 0 Å². The number of rotatable bonds is 3. The van der Waals surface area contributed by atoms with Crippen LogP contribution < -0.4 is 0 Å². The predicted molar refractivity (Wildman–Crippen MR) is 193 cm³/mol. The van der Waals surface area contributed by atoms with Crippen molar-refractivity contribution in [3.05, 3.63) is 175 Å². The van der Waals surface area contributed by atoms with E-state index in [2.05, 4.69) is 76.5 Å². The normalized spacial score (nSPS) is 10.3. The van der Waals surface area contributed by atoms with Crippen molar-refractivity contribution in [2.45, 2.75) is 20.8 Å². The van der Waals surface area contributed by atoms with E-state index in [1.807, 2.05) is 128 Å². The molecule has 0 radical (unpaired) electrons. The monoisotopic (exact) mass is 803 g/mol. The van der Waals surface area contributed by atoms with Gasteiger partial charge in [-0.2, -0.15) is 11.3 Å². The molecule has 8 aromatic rings. The summed E-state index contributed by atoms with van der Waals surface area (Å²) in [5.41, 5.74) is 9.47. The zero-order chi connectivity index (χ0) is 31.7. The fourth-order valence-electron chi connectivity index (χ4n) is 5.05. The van der Waals surface area contributed by atoms with Crippen LogP contribution in [0.25, 0.3) is 53.9 Å². The molecule has 4 aromatic carbocycles. The van der Waals surface area contributed by atoms with Gasteiger partial charge in [0, 0.05) is 22.3 Å². The molecule has 47 heavy (non-hydrogen) atoms. The van der Waals surface area contributed by atoms with E-state index in [1.54, 1.807) is 0 Å². The number of hydrogen-bond acceptors (Lipinski definition) is 4. The maximum absolute atomic E-state index is 4.51. The molecule has 0 fully saturated rings. The van der Waals surface area contributed by atoms with E-state index >= 15 is 0 Å². The van der Waals surface area contributed by atoms with Crippen molar-refractivity contribution in [1.82, 2.24) is 15.0 Å². The molecule has 0 bridgehead atoms. The second-order valence-corrected chi connectivity index (χ2v) is 11.8. The second kappa shape index (κ2) is 16.2. The Labute approximate surface area is 294 Å². The first-order valence-electron chi connectivity index (χ1n) is 15.1. The fourth-order valence-corrected chi connectivity index (χ4v) is 6.25. The fraction of sp³-hybridized carbons (Fsp3) is 0.0714. The molecule has 4 aromatic heterocycles. The third-order valence-corrected chi connectivity index (χ3v) is 8.46. The summed E-state index contributed by atoms with van der Waals surface area (Å²) in [4.78, 5) is 13.3. The average molecular weight is 803 g/mol. The van der Waals surface area contributed by atoms with Crippen LogP contribution in [0.5, 0.6) is 0 Å². The average Bonchev–Trinajstić information content (AvgIpc) is 3.49. The Bertz CT molecular complexity index is 2110. The molecule has 8 rings (SSSR count). The van der Waals surface area contributed by atoms with E-state index in [0.29, 0.717) is 0 Å². The molecule has 3 nitrogen and oxygen atoms in total. The number of fused-ring (bicyclic) bond motifs is 3. The molecule has 0 saturated heterocycles. The maximum atomic E-state index is 4.51. The summed E-state index contributed by atoms with van der Waals surface area (Å²) in [6.45, 7) is 6.08. The first kappa shape index (κ1) is 33.6. The molecule has 4 heterocycles. The van der Waals surface area contributed by atoms with Crippen LogP contribution in [-0.4, -0.2) is 15.0 Å². The van der Waals surface area contributed by atoms with E-state index in [4.69, 9.17) is 0 Å². The molecule has 0 atom stereocenters. The molecular weight excluding hydrogens is 771 g/mol. The van der Waals surface area contributed by atoms with Crippen LogP contribution in [0.3, 0.4) is 0 Å². The van der Waals surface area contributed by atoms with Gasteiger partial charge in [-0.1, -0.05) is 59.5 Å². The summed E-state index contributed by atoms with van der Waals surface area (Å²) >= 11 is 1.82. The van der Waals surface area contributed by atoms with Crippen molar-refractivity contribution in [3.8, 4) is 33.8 Å². The Morgan fingerprint density at radius 1 is 0.532 bits per heavy atom. The molecule has 0 amide bonds. The number of aromatic nitrogens is 3. The van der Waals surface area contributed by atoms with Crippen molar-refractivity contribution >= 4 is 31.5 Å². The number of aryl methyl sites for hydroxylation is 3. The van der Waals surface area contributed by atoms with Gasteiger partial charge >= 0.3 is 20.1 Å². The van der Waals surface area contributed by atoms with Crippen LogP contribution in [0, 0.1) is 39.0 Å². The van der Waals surface area contributed by atoms with Crippen molar-refractivity contribution < 1.29 is 20.1 Å². The second-order valence-electron chi connectivity index (χ2n) is 10.8. The Balaban J connectivity index is 0.000000142. The molecule has 0 aliphatic carbocycles. The van der Waals surface area contributed by atoms with Gasteiger partial charge in [-0.25, -0.2) is 0 Å². The number of nitrogens with zero attached hydrogens (tertiary/aromatic N) is 3. The van der Waals surface area contributed by atoms with Crippen LogP contribution >= 0.6 is 11.3 Å². The largest absolute Gasteiger partial charge is 3.00 e. The predicted octanol–water partition coefficient (Wildman–Crippen LogP) is 10.9. The molecule has 0 unspecified atom stereocenters. The Morgan fingerprint density at radius 3 is 1.72 bits per heavy atom. The molecule has 0 N–H and O–H groups in total. The standard InChI is InChI=1S/C18H12NS.2C12H10N.Ir/c1-12-9-10-19-16(11-12)15-7-4-6-14-13-5-2-3-8-17(13)20-18(14)15;2*1-10-6-5-9-12(13-10)11-7-3-2-4-8-11;/h2-6,8-11H,1H3;2*2-7,9H,1H3;/q3*-1;+3. The molecule has 5 heteroatoms. The minimum atomic E-state index is 0. The molecule has 0 aliphatic heterocycles. The maximum Gasteiger partial charge on any atom is 3.00 e. The summed E-state index contributed by atoms with van der Waals surface area (Å²) in [5.74, 6) is 0. The minimum Gasteiger partial charge on any atom is -0.305 e. The van der Waals surface area contributed by atoms with Crippen LogP contribution in [0.1, 0.15) is 17.0 Å². The summed E-state index contributed by atoms with van der Waals surface area (Å²) in [6, 6.07) is 54.2. The van der Waals surface area contributed by atoms with E-state index in [9.17, 15) is 0 Å². The Morgan fingerprint density at radius 2 is 1.15 bits per heavy atom. The Hall–Kier alpha value is -4.80. The first-order chi connectivity index (χ1) is 22.5. The molecule has 0 spiro atoms. The van der Waals surface area contributed by atoms with Crippen LogP contribution in [0.15, 0.2) is 140 Å². The van der Waals surface area contributed by atoms with Gasteiger partial charge < -0.3 is 15.0 Å². The van der Waals surface area contributed by atoms with Crippen molar-refractivity contribution in [3.63, 3.8) is 0 Å². The van der Waals surface area contributed by atoms with Crippen molar-refractivity contribution in [1.29, 1.82) is 0 Å². The third kappa shape index (κ3) is 8.52. The van der Waals surface area contributed by atoms with Crippen LogP contribution in [-0.2, 0) is 20.1 Å². The molecule has 0 aliphatic rings. The summed E-state index contributed by atoms with van der Waals surface area (Å²) in [7, 11) is 0. The SMILES string of the molecule is Cc1cccc(-c2[c-]cccc2)n1.Cc1cccc(-c2[c-]cccc2)n1.Cc1ccnc(-c2[c-]ccc3c2sc2ccccc23)c1.[Ir+3]. The summed E-state index contributed by atoms with van der Waals surface area (Å²) in [5, 5.41) is 2.61.